The van der Waals surface area contributed by atoms with E-state index in [0.717, 1.165) is 0 Å². The minimum absolute atomic E-state index is 0.216. The average molecular weight is 295 g/mol. The summed E-state index contributed by atoms with van der Waals surface area (Å²) >= 11 is 0. The Morgan fingerprint density at radius 2 is 1.50 bits per heavy atom. The SMILES string of the molecule is COC(=O)c1cc(C(=O)OC)cc(-c2ccccc2C#N)c1. The Morgan fingerprint density at radius 3 is 2.00 bits per heavy atom. The molecule has 0 heterocycles. The second-order valence-corrected chi connectivity index (χ2v) is 4.44. The van der Waals surface area contributed by atoms with Crippen molar-refractivity contribution in [1.82, 2.24) is 0 Å². The van der Waals surface area contributed by atoms with Crippen LogP contribution in [0.2, 0.25) is 0 Å². The van der Waals surface area contributed by atoms with Gasteiger partial charge in [-0.25, -0.2) is 9.59 Å². The van der Waals surface area contributed by atoms with Crippen LogP contribution in [0.5, 0.6) is 0 Å². The zero-order valence-electron chi connectivity index (χ0n) is 12.1. The van der Waals surface area contributed by atoms with Crippen LogP contribution in [0.3, 0.4) is 0 Å². The van der Waals surface area contributed by atoms with Crippen molar-refractivity contribution in [3.8, 4) is 17.2 Å². The third-order valence-corrected chi connectivity index (χ3v) is 3.13. The van der Waals surface area contributed by atoms with Gasteiger partial charge in [-0.15, -0.1) is 0 Å². The monoisotopic (exact) mass is 295 g/mol. The Labute approximate surface area is 127 Å². The number of carbonyl (C=O) groups is 2. The lowest BCUT2D eigenvalue weighted by atomic mass is 9.96. The Bertz CT molecular complexity index is 740. The molecule has 0 aromatic heterocycles. The van der Waals surface area contributed by atoms with Crippen molar-refractivity contribution >= 4 is 11.9 Å². The summed E-state index contributed by atoms with van der Waals surface area (Å²) < 4.78 is 9.39. The molecular weight excluding hydrogens is 282 g/mol. The molecule has 0 N–H and O–H groups in total. The molecule has 0 aliphatic rings. The highest BCUT2D eigenvalue weighted by molar-refractivity contribution is 5.97. The fraction of sp³-hybridized carbons (Fsp3) is 0.118. The number of rotatable bonds is 3. The van der Waals surface area contributed by atoms with Gasteiger partial charge in [0.05, 0.1) is 37.0 Å². The van der Waals surface area contributed by atoms with Crippen LogP contribution in [0.25, 0.3) is 11.1 Å². The number of benzene rings is 2. The van der Waals surface area contributed by atoms with Gasteiger partial charge < -0.3 is 9.47 Å². The van der Waals surface area contributed by atoms with Gasteiger partial charge in [0.2, 0.25) is 0 Å². The summed E-state index contributed by atoms with van der Waals surface area (Å²) in [4.78, 5) is 23.6. The van der Waals surface area contributed by atoms with Crippen LogP contribution in [0.1, 0.15) is 26.3 Å². The molecule has 0 fully saturated rings. The van der Waals surface area contributed by atoms with Gasteiger partial charge in [-0.1, -0.05) is 18.2 Å². The van der Waals surface area contributed by atoms with E-state index in [1.54, 1.807) is 36.4 Å². The van der Waals surface area contributed by atoms with Crippen LogP contribution in [-0.4, -0.2) is 26.2 Å². The van der Waals surface area contributed by atoms with E-state index in [9.17, 15) is 14.9 Å². The van der Waals surface area contributed by atoms with Crippen molar-refractivity contribution in [3.05, 3.63) is 59.2 Å². The number of ether oxygens (including phenoxy) is 2. The van der Waals surface area contributed by atoms with Crippen molar-refractivity contribution in [2.45, 2.75) is 0 Å². The molecule has 0 unspecified atom stereocenters. The van der Waals surface area contributed by atoms with Crippen LogP contribution >= 0.6 is 0 Å². The lowest BCUT2D eigenvalue weighted by molar-refractivity contribution is 0.0599. The molecule has 0 atom stereocenters. The first-order valence-electron chi connectivity index (χ1n) is 6.42. The predicted octanol–water partition coefficient (Wildman–Crippen LogP) is 2.80. The van der Waals surface area contributed by atoms with Crippen molar-refractivity contribution in [1.29, 1.82) is 5.26 Å². The Balaban J connectivity index is 2.67. The molecular formula is C17H13NO4. The molecule has 5 nitrogen and oxygen atoms in total. The molecule has 2 aromatic carbocycles. The third kappa shape index (κ3) is 2.96. The highest BCUT2D eigenvalue weighted by atomic mass is 16.5. The van der Waals surface area contributed by atoms with Gasteiger partial charge in [-0.3, -0.25) is 0 Å². The first kappa shape index (κ1) is 15.3. The van der Waals surface area contributed by atoms with Crippen molar-refractivity contribution in [2.24, 2.45) is 0 Å². The molecule has 0 saturated carbocycles. The van der Waals surface area contributed by atoms with E-state index in [0.29, 0.717) is 16.7 Å². The normalized spacial score (nSPS) is 9.68. The second-order valence-electron chi connectivity index (χ2n) is 4.44. The third-order valence-electron chi connectivity index (χ3n) is 3.13. The minimum Gasteiger partial charge on any atom is -0.465 e. The van der Waals surface area contributed by atoms with E-state index in [1.807, 2.05) is 0 Å². The topological polar surface area (TPSA) is 76.4 Å². The number of methoxy groups -OCH3 is 2. The summed E-state index contributed by atoms with van der Waals surface area (Å²) in [6.07, 6.45) is 0. The summed E-state index contributed by atoms with van der Waals surface area (Å²) in [6, 6.07) is 13.6. The van der Waals surface area contributed by atoms with Gasteiger partial charge in [0.15, 0.2) is 0 Å². The standard InChI is InChI=1S/C17H13NO4/c1-21-16(19)13-7-12(8-14(9-13)17(20)22-2)15-6-4-3-5-11(15)10-18/h3-9H,1-2H3. The molecule has 0 spiro atoms. The number of hydrogen-bond donors (Lipinski definition) is 0. The van der Waals surface area contributed by atoms with Crippen molar-refractivity contribution < 1.29 is 19.1 Å². The highest BCUT2D eigenvalue weighted by Crippen LogP contribution is 2.26. The van der Waals surface area contributed by atoms with E-state index in [1.165, 1.54) is 20.3 Å². The highest BCUT2D eigenvalue weighted by Gasteiger charge is 2.15. The maximum Gasteiger partial charge on any atom is 0.337 e. The Morgan fingerprint density at radius 1 is 0.955 bits per heavy atom. The molecule has 5 heteroatoms. The van der Waals surface area contributed by atoms with E-state index >= 15 is 0 Å². The molecule has 110 valence electrons. The average Bonchev–Trinajstić information content (AvgIpc) is 2.59. The van der Waals surface area contributed by atoms with Gasteiger partial charge in [-0.05, 0) is 35.4 Å². The lowest BCUT2D eigenvalue weighted by Crippen LogP contribution is -2.07. The van der Waals surface area contributed by atoms with E-state index < -0.39 is 11.9 Å². The van der Waals surface area contributed by atoms with E-state index in [4.69, 9.17) is 9.47 Å². The van der Waals surface area contributed by atoms with Gasteiger partial charge in [-0.2, -0.15) is 5.26 Å². The summed E-state index contributed by atoms with van der Waals surface area (Å²) in [5.41, 5.74) is 2.07. The predicted molar refractivity (Wildman–Crippen MR) is 79.3 cm³/mol. The van der Waals surface area contributed by atoms with Crippen LogP contribution in [0, 0.1) is 11.3 Å². The van der Waals surface area contributed by atoms with Crippen molar-refractivity contribution in [3.63, 3.8) is 0 Å². The summed E-state index contributed by atoms with van der Waals surface area (Å²) in [5, 5.41) is 9.20. The van der Waals surface area contributed by atoms with Crippen LogP contribution < -0.4 is 0 Å². The molecule has 0 bridgehead atoms. The molecule has 0 aliphatic heterocycles. The molecule has 0 aliphatic carbocycles. The maximum absolute atomic E-state index is 11.8. The largest absolute Gasteiger partial charge is 0.465 e. The number of nitriles is 1. The summed E-state index contributed by atoms with van der Waals surface area (Å²) in [7, 11) is 2.52. The zero-order valence-corrected chi connectivity index (χ0v) is 12.1. The zero-order chi connectivity index (χ0) is 16.1. The smallest absolute Gasteiger partial charge is 0.337 e. The maximum atomic E-state index is 11.8. The number of nitrogens with zero attached hydrogens (tertiary/aromatic N) is 1. The van der Waals surface area contributed by atoms with Crippen LogP contribution in [0.4, 0.5) is 0 Å². The van der Waals surface area contributed by atoms with Gasteiger partial charge in [0, 0.05) is 0 Å². The molecule has 0 saturated heterocycles. The summed E-state index contributed by atoms with van der Waals surface area (Å²) in [5.74, 6) is -1.14. The van der Waals surface area contributed by atoms with E-state index in [2.05, 4.69) is 6.07 Å². The quantitative estimate of drug-likeness (QED) is 0.814. The van der Waals surface area contributed by atoms with Crippen LogP contribution in [-0.2, 0) is 9.47 Å². The molecule has 2 rings (SSSR count). The van der Waals surface area contributed by atoms with Gasteiger partial charge >= 0.3 is 11.9 Å². The first-order valence-corrected chi connectivity index (χ1v) is 6.42. The van der Waals surface area contributed by atoms with Crippen molar-refractivity contribution in [2.75, 3.05) is 14.2 Å². The van der Waals surface area contributed by atoms with Gasteiger partial charge in [0.1, 0.15) is 0 Å². The number of esters is 2. The Hall–Kier alpha value is -3.13. The molecule has 2 aromatic rings. The Kier molecular flexibility index (Phi) is 4.54. The number of hydrogen-bond acceptors (Lipinski definition) is 5. The molecule has 22 heavy (non-hydrogen) atoms. The summed E-state index contributed by atoms with van der Waals surface area (Å²) in [6.45, 7) is 0. The van der Waals surface area contributed by atoms with E-state index in [-0.39, 0.29) is 11.1 Å². The van der Waals surface area contributed by atoms with Crippen LogP contribution in [0.15, 0.2) is 42.5 Å². The lowest BCUT2D eigenvalue weighted by Gasteiger charge is -2.09. The second kappa shape index (κ2) is 6.55. The van der Waals surface area contributed by atoms with Gasteiger partial charge in [0.25, 0.3) is 0 Å². The fourth-order valence-electron chi connectivity index (χ4n) is 2.09. The minimum atomic E-state index is -0.568. The number of carbonyl (C=O) groups excluding carboxylic acids is 2. The fourth-order valence-corrected chi connectivity index (χ4v) is 2.09. The molecule has 0 radical (unpaired) electrons. The molecule has 0 amide bonds. The first-order chi connectivity index (χ1) is 10.6.